The van der Waals surface area contributed by atoms with Gasteiger partial charge in [-0.1, -0.05) is 18.2 Å². The molecule has 92 valence electrons. The molecule has 0 bridgehead atoms. The largest absolute Gasteiger partial charge is 0.336 e. The summed E-state index contributed by atoms with van der Waals surface area (Å²) in [5.41, 5.74) is 7.40. The number of aryl methyl sites for hydroxylation is 1. The summed E-state index contributed by atoms with van der Waals surface area (Å²) in [5, 5.41) is 0. The highest BCUT2D eigenvalue weighted by atomic mass is 16.2. The van der Waals surface area contributed by atoms with Gasteiger partial charge in [-0.3, -0.25) is 4.79 Å². The van der Waals surface area contributed by atoms with Crippen molar-refractivity contribution in [2.24, 2.45) is 5.73 Å². The van der Waals surface area contributed by atoms with Crippen LogP contribution in [-0.4, -0.2) is 29.9 Å². The SMILES string of the molecule is Cc1ccccc1C(=O)N1CCC1CCCN. The molecule has 1 amide bonds. The van der Waals surface area contributed by atoms with Crippen LogP contribution in [0.25, 0.3) is 0 Å². The lowest BCUT2D eigenvalue weighted by Gasteiger charge is -2.41. The van der Waals surface area contributed by atoms with E-state index < -0.39 is 0 Å². The summed E-state index contributed by atoms with van der Waals surface area (Å²) in [5.74, 6) is 0.177. The first-order valence-corrected chi connectivity index (χ1v) is 6.30. The molecule has 1 unspecified atom stereocenters. The Morgan fingerprint density at radius 1 is 1.47 bits per heavy atom. The molecule has 0 radical (unpaired) electrons. The Balaban J connectivity index is 2.03. The molecule has 17 heavy (non-hydrogen) atoms. The van der Waals surface area contributed by atoms with E-state index in [0.29, 0.717) is 12.6 Å². The van der Waals surface area contributed by atoms with Gasteiger partial charge in [0.15, 0.2) is 0 Å². The summed E-state index contributed by atoms with van der Waals surface area (Å²) in [6.45, 7) is 3.59. The Hall–Kier alpha value is -1.35. The van der Waals surface area contributed by atoms with Crippen molar-refractivity contribution in [2.45, 2.75) is 32.2 Å². The van der Waals surface area contributed by atoms with E-state index in [-0.39, 0.29) is 5.91 Å². The van der Waals surface area contributed by atoms with Crippen LogP contribution in [-0.2, 0) is 0 Å². The molecule has 1 atom stereocenters. The van der Waals surface area contributed by atoms with E-state index in [0.717, 1.165) is 36.9 Å². The van der Waals surface area contributed by atoms with Crippen LogP contribution in [0.2, 0.25) is 0 Å². The third-order valence-corrected chi connectivity index (χ3v) is 3.52. The molecule has 1 fully saturated rings. The van der Waals surface area contributed by atoms with Crippen LogP contribution in [0.3, 0.4) is 0 Å². The quantitative estimate of drug-likeness (QED) is 0.862. The third kappa shape index (κ3) is 2.50. The normalized spacial score (nSPS) is 18.9. The molecule has 3 nitrogen and oxygen atoms in total. The van der Waals surface area contributed by atoms with E-state index in [4.69, 9.17) is 5.73 Å². The number of amides is 1. The van der Waals surface area contributed by atoms with Gasteiger partial charge in [-0.15, -0.1) is 0 Å². The number of likely N-dealkylation sites (tertiary alicyclic amines) is 1. The smallest absolute Gasteiger partial charge is 0.254 e. The minimum Gasteiger partial charge on any atom is -0.336 e. The first-order valence-electron chi connectivity index (χ1n) is 6.30. The molecule has 0 spiro atoms. The summed E-state index contributed by atoms with van der Waals surface area (Å²) >= 11 is 0. The molecule has 2 rings (SSSR count). The predicted molar refractivity (Wildman–Crippen MR) is 68.9 cm³/mol. The van der Waals surface area contributed by atoms with Crippen LogP contribution in [0.4, 0.5) is 0 Å². The van der Waals surface area contributed by atoms with E-state index in [1.165, 1.54) is 0 Å². The second-order valence-corrected chi connectivity index (χ2v) is 4.69. The average molecular weight is 232 g/mol. The van der Waals surface area contributed by atoms with Crippen LogP contribution < -0.4 is 5.73 Å². The summed E-state index contributed by atoms with van der Waals surface area (Å²) < 4.78 is 0. The second kappa shape index (κ2) is 5.32. The molecule has 0 aromatic heterocycles. The minimum atomic E-state index is 0.177. The van der Waals surface area contributed by atoms with E-state index in [1.54, 1.807) is 0 Å². The van der Waals surface area contributed by atoms with Crippen LogP contribution in [0.1, 0.15) is 35.2 Å². The lowest BCUT2D eigenvalue weighted by molar-refractivity contribution is 0.0441. The van der Waals surface area contributed by atoms with Crippen molar-refractivity contribution < 1.29 is 4.79 Å². The molecule has 1 aromatic rings. The molecule has 3 heteroatoms. The first-order chi connectivity index (χ1) is 8.24. The maximum absolute atomic E-state index is 12.3. The number of hydrogen-bond donors (Lipinski definition) is 1. The fourth-order valence-corrected chi connectivity index (χ4v) is 2.33. The van der Waals surface area contributed by atoms with Crippen molar-refractivity contribution in [3.8, 4) is 0 Å². The van der Waals surface area contributed by atoms with Gasteiger partial charge >= 0.3 is 0 Å². The highest BCUT2D eigenvalue weighted by Crippen LogP contribution is 2.24. The lowest BCUT2D eigenvalue weighted by Crippen LogP contribution is -2.51. The Morgan fingerprint density at radius 3 is 2.82 bits per heavy atom. The highest BCUT2D eigenvalue weighted by Gasteiger charge is 2.32. The zero-order valence-electron chi connectivity index (χ0n) is 10.4. The standard InChI is InChI=1S/C14H20N2O/c1-11-5-2-3-7-13(11)14(17)16-10-8-12(16)6-4-9-15/h2-3,5,7,12H,4,6,8-10,15H2,1H3. The van der Waals surface area contributed by atoms with Crippen molar-refractivity contribution in [1.29, 1.82) is 0 Å². The van der Waals surface area contributed by atoms with E-state index in [1.807, 2.05) is 36.1 Å². The van der Waals surface area contributed by atoms with Crippen molar-refractivity contribution in [1.82, 2.24) is 4.90 Å². The number of rotatable bonds is 4. The Morgan fingerprint density at radius 2 is 2.24 bits per heavy atom. The maximum atomic E-state index is 12.3. The number of carbonyl (C=O) groups is 1. The Bertz CT molecular complexity index is 403. The van der Waals surface area contributed by atoms with Gasteiger partial charge in [0, 0.05) is 18.2 Å². The molecule has 2 N–H and O–H groups in total. The third-order valence-electron chi connectivity index (χ3n) is 3.52. The number of benzene rings is 1. The van der Waals surface area contributed by atoms with E-state index >= 15 is 0 Å². The van der Waals surface area contributed by atoms with E-state index in [9.17, 15) is 4.79 Å². The molecule has 1 aliphatic heterocycles. The number of hydrogen-bond acceptors (Lipinski definition) is 2. The van der Waals surface area contributed by atoms with Crippen LogP contribution >= 0.6 is 0 Å². The summed E-state index contributed by atoms with van der Waals surface area (Å²) in [7, 11) is 0. The van der Waals surface area contributed by atoms with Gasteiger partial charge < -0.3 is 10.6 Å². The van der Waals surface area contributed by atoms with Gasteiger partial charge in [-0.2, -0.15) is 0 Å². The lowest BCUT2D eigenvalue weighted by atomic mass is 9.95. The van der Waals surface area contributed by atoms with Crippen molar-refractivity contribution in [3.05, 3.63) is 35.4 Å². The molecule has 1 aliphatic rings. The monoisotopic (exact) mass is 232 g/mol. The topological polar surface area (TPSA) is 46.3 Å². The summed E-state index contributed by atoms with van der Waals surface area (Å²) in [6, 6.07) is 8.20. The molecule has 0 saturated carbocycles. The van der Waals surface area contributed by atoms with Gasteiger partial charge in [0.25, 0.3) is 5.91 Å². The van der Waals surface area contributed by atoms with Crippen LogP contribution in [0.15, 0.2) is 24.3 Å². The molecular weight excluding hydrogens is 212 g/mol. The fourth-order valence-electron chi connectivity index (χ4n) is 2.33. The van der Waals surface area contributed by atoms with Crippen molar-refractivity contribution in [3.63, 3.8) is 0 Å². The summed E-state index contributed by atoms with van der Waals surface area (Å²) in [6.07, 6.45) is 3.16. The Labute approximate surface area is 103 Å². The maximum Gasteiger partial charge on any atom is 0.254 e. The molecular formula is C14H20N2O. The van der Waals surface area contributed by atoms with Gasteiger partial charge in [0.05, 0.1) is 0 Å². The second-order valence-electron chi connectivity index (χ2n) is 4.69. The predicted octanol–water partition coefficient (Wildman–Crippen LogP) is 1.95. The fraction of sp³-hybridized carbons (Fsp3) is 0.500. The van der Waals surface area contributed by atoms with Crippen LogP contribution in [0, 0.1) is 6.92 Å². The number of nitrogens with two attached hydrogens (primary N) is 1. The average Bonchev–Trinajstić information content (AvgIpc) is 2.28. The zero-order chi connectivity index (χ0) is 12.3. The number of nitrogens with zero attached hydrogens (tertiary/aromatic N) is 1. The first kappa shape index (κ1) is 12.1. The molecule has 1 heterocycles. The van der Waals surface area contributed by atoms with Gasteiger partial charge in [-0.05, 0) is 44.4 Å². The Kier molecular flexibility index (Phi) is 3.79. The molecule has 1 saturated heterocycles. The van der Waals surface area contributed by atoms with Gasteiger partial charge in [0.1, 0.15) is 0 Å². The van der Waals surface area contributed by atoms with Crippen molar-refractivity contribution >= 4 is 5.91 Å². The molecule has 0 aliphatic carbocycles. The van der Waals surface area contributed by atoms with Gasteiger partial charge in [0.2, 0.25) is 0 Å². The van der Waals surface area contributed by atoms with E-state index in [2.05, 4.69) is 0 Å². The minimum absolute atomic E-state index is 0.177. The highest BCUT2D eigenvalue weighted by molar-refractivity contribution is 5.96. The van der Waals surface area contributed by atoms with Gasteiger partial charge in [-0.25, -0.2) is 0 Å². The summed E-state index contributed by atoms with van der Waals surface area (Å²) in [4.78, 5) is 14.3. The van der Waals surface area contributed by atoms with Crippen molar-refractivity contribution in [2.75, 3.05) is 13.1 Å². The van der Waals surface area contributed by atoms with Crippen LogP contribution in [0.5, 0.6) is 0 Å². The number of carbonyl (C=O) groups excluding carboxylic acids is 1. The molecule has 1 aromatic carbocycles. The zero-order valence-corrected chi connectivity index (χ0v) is 10.4.